The average Bonchev–Trinajstić information content (AvgIpc) is 2.52. The van der Waals surface area contributed by atoms with Gasteiger partial charge in [0.15, 0.2) is 5.96 Å². The maximum atomic E-state index is 11.6. The van der Waals surface area contributed by atoms with Crippen LogP contribution in [0.15, 0.2) is 4.99 Å². The molecule has 1 atom stereocenters. The molecule has 1 unspecified atom stereocenters. The van der Waals surface area contributed by atoms with Gasteiger partial charge < -0.3 is 20.3 Å². The molecule has 1 fully saturated rings. The van der Waals surface area contributed by atoms with Crippen molar-refractivity contribution in [3.63, 3.8) is 0 Å². The molecule has 1 saturated heterocycles. The zero-order chi connectivity index (χ0) is 18.0. The van der Waals surface area contributed by atoms with E-state index in [4.69, 9.17) is 9.73 Å². The molecule has 0 saturated carbocycles. The fraction of sp³-hybridized carbons (Fsp3) is 0.882. The molecule has 0 aromatic heterocycles. The van der Waals surface area contributed by atoms with Crippen molar-refractivity contribution in [2.75, 3.05) is 38.5 Å². The van der Waals surface area contributed by atoms with Crippen molar-refractivity contribution in [2.45, 2.75) is 58.3 Å². The topological polar surface area (TPSA) is 66.0 Å². The molecule has 1 amide bonds. The van der Waals surface area contributed by atoms with Crippen LogP contribution in [0.4, 0.5) is 4.79 Å². The number of guanidine groups is 1. The minimum atomic E-state index is -0.456. The molecular weight excluding hydrogens is 324 g/mol. The normalized spacial score (nSPS) is 19.1. The van der Waals surface area contributed by atoms with Crippen molar-refractivity contribution in [1.29, 1.82) is 0 Å². The summed E-state index contributed by atoms with van der Waals surface area (Å²) in [6.07, 6.45) is 1.63. The lowest BCUT2D eigenvalue weighted by molar-refractivity contribution is 0.0527. The minimum Gasteiger partial charge on any atom is -0.444 e. The second-order valence-electron chi connectivity index (χ2n) is 6.86. The molecule has 2 N–H and O–H groups in total. The van der Waals surface area contributed by atoms with Crippen LogP contribution >= 0.6 is 11.8 Å². The number of amides is 1. The van der Waals surface area contributed by atoms with E-state index in [1.165, 1.54) is 6.42 Å². The smallest absolute Gasteiger partial charge is 0.407 e. The van der Waals surface area contributed by atoms with Crippen molar-refractivity contribution >= 4 is 23.8 Å². The van der Waals surface area contributed by atoms with E-state index < -0.39 is 5.60 Å². The molecule has 1 heterocycles. The lowest BCUT2D eigenvalue weighted by Gasteiger charge is -2.34. The molecule has 0 bridgehead atoms. The lowest BCUT2D eigenvalue weighted by atomic mass is 10.2. The first kappa shape index (κ1) is 20.9. The third-order valence-electron chi connectivity index (χ3n) is 3.49. The summed E-state index contributed by atoms with van der Waals surface area (Å²) in [6, 6.07) is 0. The predicted molar refractivity (Wildman–Crippen MR) is 103 cm³/mol. The van der Waals surface area contributed by atoms with Crippen LogP contribution in [0, 0.1) is 0 Å². The van der Waals surface area contributed by atoms with Gasteiger partial charge in [0.25, 0.3) is 0 Å². The molecule has 0 spiro atoms. The van der Waals surface area contributed by atoms with E-state index in [-0.39, 0.29) is 6.09 Å². The van der Waals surface area contributed by atoms with Crippen LogP contribution in [0.2, 0.25) is 0 Å². The Balaban J connectivity index is 2.36. The number of carbonyl (C=O) groups is 1. The van der Waals surface area contributed by atoms with Gasteiger partial charge >= 0.3 is 6.09 Å². The predicted octanol–water partition coefficient (Wildman–Crippen LogP) is 2.69. The van der Waals surface area contributed by atoms with Gasteiger partial charge in [0, 0.05) is 43.7 Å². The summed E-state index contributed by atoms with van der Waals surface area (Å²) in [6.45, 7) is 14.2. The molecule has 0 aliphatic carbocycles. The summed E-state index contributed by atoms with van der Waals surface area (Å²) < 4.78 is 5.21. The fourth-order valence-electron chi connectivity index (χ4n) is 2.35. The van der Waals surface area contributed by atoms with Crippen LogP contribution in [0.5, 0.6) is 0 Å². The van der Waals surface area contributed by atoms with E-state index in [9.17, 15) is 4.79 Å². The number of nitrogens with zero attached hydrogens (tertiary/aromatic N) is 2. The van der Waals surface area contributed by atoms with Gasteiger partial charge in [-0.05, 0) is 40.5 Å². The fourth-order valence-corrected chi connectivity index (χ4v) is 3.53. The molecule has 140 valence electrons. The van der Waals surface area contributed by atoms with Gasteiger partial charge in [-0.1, -0.05) is 6.92 Å². The largest absolute Gasteiger partial charge is 0.444 e. The van der Waals surface area contributed by atoms with Gasteiger partial charge in [-0.25, -0.2) is 4.79 Å². The highest BCUT2D eigenvalue weighted by Crippen LogP contribution is 2.21. The van der Waals surface area contributed by atoms with E-state index in [0.29, 0.717) is 18.3 Å². The maximum Gasteiger partial charge on any atom is 0.407 e. The first-order chi connectivity index (χ1) is 11.4. The van der Waals surface area contributed by atoms with Gasteiger partial charge in [0.2, 0.25) is 0 Å². The summed E-state index contributed by atoms with van der Waals surface area (Å²) in [5.74, 6) is 2.15. The van der Waals surface area contributed by atoms with Crippen molar-refractivity contribution in [3.05, 3.63) is 0 Å². The van der Waals surface area contributed by atoms with Crippen LogP contribution in [-0.2, 0) is 4.74 Å². The van der Waals surface area contributed by atoms with Crippen molar-refractivity contribution in [2.24, 2.45) is 4.99 Å². The van der Waals surface area contributed by atoms with Gasteiger partial charge in [-0.15, -0.1) is 0 Å². The van der Waals surface area contributed by atoms with E-state index in [2.05, 4.69) is 41.1 Å². The number of hydrogen-bond acceptors (Lipinski definition) is 4. The number of aliphatic imine (C=N–C) groups is 1. The third kappa shape index (κ3) is 8.66. The number of carbonyl (C=O) groups excluding carboxylic acids is 1. The Bertz CT molecular complexity index is 410. The molecule has 24 heavy (non-hydrogen) atoms. The Hall–Kier alpha value is -1.11. The lowest BCUT2D eigenvalue weighted by Crippen LogP contribution is -2.48. The molecule has 6 nitrogen and oxygen atoms in total. The number of hydrogen-bond donors (Lipinski definition) is 2. The van der Waals surface area contributed by atoms with Crippen LogP contribution in [0.25, 0.3) is 0 Å². The Labute approximate surface area is 151 Å². The van der Waals surface area contributed by atoms with Crippen LogP contribution in [0.3, 0.4) is 0 Å². The number of rotatable bonds is 6. The monoisotopic (exact) mass is 358 g/mol. The van der Waals surface area contributed by atoms with E-state index in [1.807, 2.05) is 20.8 Å². The SMILES string of the molecule is CCNC(=NCCCNC(=O)OC(C)(C)C)N1CCSC(CC)C1. The Kier molecular flexibility index (Phi) is 9.33. The minimum absolute atomic E-state index is 0.364. The number of nitrogens with one attached hydrogen (secondary N) is 2. The van der Waals surface area contributed by atoms with Gasteiger partial charge in [-0.2, -0.15) is 11.8 Å². The maximum absolute atomic E-state index is 11.6. The second-order valence-corrected chi connectivity index (χ2v) is 8.27. The number of thioether (sulfide) groups is 1. The van der Waals surface area contributed by atoms with E-state index in [1.54, 1.807) is 0 Å². The molecule has 7 heteroatoms. The highest BCUT2D eigenvalue weighted by molar-refractivity contribution is 8.00. The Morgan fingerprint density at radius 2 is 2.08 bits per heavy atom. The summed E-state index contributed by atoms with van der Waals surface area (Å²) in [4.78, 5) is 18.6. The summed E-state index contributed by atoms with van der Waals surface area (Å²) in [5.41, 5.74) is -0.456. The van der Waals surface area contributed by atoms with E-state index >= 15 is 0 Å². The summed E-state index contributed by atoms with van der Waals surface area (Å²) in [5, 5.41) is 6.85. The van der Waals surface area contributed by atoms with Crippen LogP contribution in [-0.4, -0.2) is 66.3 Å². The third-order valence-corrected chi connectivity index (χ3v) is 4.87. The van der Waals surface area contributed by atoms with Gasteiger partial charge in [0.05, 0.1) is 0 Å². The quantitative estimate of drug-likeness (QED) is 0.434. The van der Waals surface area contributed by atoms with Crippen LogP contribution in [0.1, 0.15) is 47.5 Å². The number of alkyl carbamates (subject to hydrolysis) is 1. The molecule has 1 rings (SSSR count). The Morgan fingerprint density at radius 3 is 2.71 bits per heavy atom. The van der Waals surface area contributed by atoms with Crippen molar-refractivity contribution < 1.29 is 9.53 Å². The van der Waals surface area contributed by atoms with Crippen LogP contribution < -0.4 is 10.6 Å². The first-order valence-corrected chi connectivity index (χ1v) is 10.0. The second kappa shape index (κ2) is 10.7. The van der Waals surface area contributed by atoms with Crippen molar-refractivity contribution in [3.8, 4) is 0 Å². The molecule has 0 aromatic rings. The molecular formula is C17H34N4O2S. The van der Waals surface area contributed by atoms with Gasteiger partial charge in [-0.3, -0.25) is 4.99 Å². The zero-order valence-electron chi connectivity index (χ0n) is 15.9. The highest BCUT2D eigenvalue weighted by atomic mass is 32.2. The van der Waals surface area contributed by atoms with Gasteiger partial charge in [0.1, 0.15) is 5.60 Å². The zero-order valence-corrected chi connectivity index (χ0v) is 16.7. The molecule has 0 aromatic carbocycles. The summed E-state index contributed by atoms with van der Waals surface area (Å²) >= 11 is 2.06. The average molecular weight is 359 g/mol. The Morgan fingerprint density at radius 1 is 1.33 bits per heavy atom. The van der Waals surface area contributed by atoms with Crippen molar-refractivity contribution in [1.82, 2.24) is 15.5 Å². The summed E-state index contributed by atoms with van der Waals surface area (Å²) in [7, 11) is 0. The molecule has 1 aliphatic rings. The molecule has 1 aliphatic heterocycles. The first-order valence-electron chi connectivity index (χ1n) is 8.97. The standard InChI is InChI=1S/C17H34N4O2S/c1-6-14-13-21(11-12-24-14)15(18-7-2)19-9-8-10-20-16(22)23-17(3,4)5/h14H,6-13H2,1-5H3,(H,18,19)(H,20,22). The van der Waals surface area contributed by atoms with E-state index in [0.717, 1.165) is 37.8 Å². The highest BCUT2D eigenvalue weighted by Gasteiger charge is 2.21. The number of ether oxygens (including phenoxy) is 1. The molecule has 0 radical (unpaired) electrons.